The third kappa shape index (κ3) is 1.35. The highest BCUT2D eigenvalue weighted by atomic mass is 16.4. The van der Waals surface area contributed by atoms with Gasteiger partial charge in [-0.3, -0.25) is 4.79 Å². The van der Waals surface area contributed by atoms with Gasteiger partial charge in [0.25, 0.3) is 5.56 Å². The molecular weight excluding hydrogens is 236 g/mol. The van der Waals surface area contributed by atoms with Crippen molar-refractivity contribution in [3.05, 3.63) is 40.2 Å². The zero-order chi connectivity index (χ0) is 12.9. The van der Waals surface area contributed by atoms with Crippen LogP contribution in [0.5, 0.6) is 5.75 Å². The van der Waals surface area contributed by atoms with E-state index in [0.717, 1.165) is 5.39 Å². The Morgan fingerprint density at radius 1 is 1.33 bits per heavy atom. The van der Waals surface area contributed by atoms with Crippen LogP contribution in [-0.4, -0.2) is 20.9 Å². The van der Waals surface area contributed by atoms with Gasteiger partial charge in [-0.05, 0) is 23.6 Å². The van der Waals surface area contributed by atoms with E-state index >= 15 is 0 Å². The monoisotopic (exact) mass is 246 g/mol. The van der Waals surface area contributed by atoms with Crippen molar-refractivity contribution in [2.75, 3.05) is 0 Å². The van der Waals surface area contributed by atoms with Gasteiger partial charge in [-0.15, -0.1) is 0 Å². The van der Waals surface area contributed by atoms with Gasteiger partial charge >= 0.3 is 6.09 Å². The van der Waals surface area contributed by atoms with Crippen LogP contribution in [0, 0.1) is 0 Å². The Morgan fingerprint density at radius 3 is 2.78 bits per heavy atom. The number of hydrogen-bond acceptors (Lipinski definition) is 3. The molecule has 1 amide bonds. The molecule has 0 fully saturated rings. The lowest BCUT2D eigenvalue weighted by molar-refractivity contribution is 0.189. The second kappa shape index (κ2) is 3.49. The standard InChI is InChI=1S/C12H10N2O4/c15-8-3-1-6-2-4-9(16)14-5-7(13-12(17)18)10(8)11(6)14/h1-4,7,13,15H,5H2,(H,17,18). The van der Waals surface area contributed by atoms with Crippen LogP contribution in [0.15, 0.2) is 29.1 Å². The SMILES string of the molecule is O=C(O)NC1Cn2c(=O)ccc3ccc(O)c1c32. The van der Waals surface area contributed by atoms with Crippen molar-refractivity contribution in [3.8, 4) is 5.75 Å². The summed E-state index contributed by atoms with van der Waals surface area (Å²) in [5, 5.41) is 21.8. The second-order valence-electron chi connectivity index (χ2n) is 4.22. The minimum absolute atomic E-state index is 0.00176. The zero-order valence-corrected chi connectivity index (χ0v) is 9.25. The first-order valence-corrected chi connectivity index (χ1v) is 5.43. The average Bonchev–Trinajstić information content (AvgIpc) is 2.67. The molecule has 3 rings (SSSR count). The molecule has 0 saturated heterocycles. The first-order valence-electron chi connectivity index (χ1n) is 5.43. The Morgan fingerprint density at radius 2 is 2.06 bits per heavy atom. The van der Waals surface area contributed by atoms with Gasteiger partial charge in [0.05, 0.1) is 18.1 Å². The fraction of sp³-hybridized carbons (Fsp3) is 0.167. The summed E-state index contributed by atoms with van der Waals surface area (Å²) < 4.78 is 1.48. The van der Waals surface area contributed by atoms with Gasteiger partial charge in [0.1, 0.15) is 5.75 Å². The van der Waals surface area contributed by atoms with Gasteiger partial charge in [0.15, 0.2) is 0 Å². The Labute approximate surface area is 101 Å². The summed E-state index contributed by atoms with van der Waals surface area (Å²) in [5.74, 6) is -0.00176. The molecule has 92 valence electrons. The zero-order valence-electron chi connectivity index (χ0n) is 9.25. The number of aromatic nitrogens is 1. The van der Waals surface area contributed by atoms with Crippen molar-refractivity contribution < 1.29 is 15.0 Å². The molecule has 18 heavy (non-hydrogen) atoms. The largest absolute Gasteiger partial charge is 0.508 e. The Kier molecular flexibility index (Phi) is 2.07. The Balaban J connectivity index is 2.31. The minimum Gasteiger partial charge on any atom is -0.508 e. The molecule has 6 heteroatoms. The smallest absolute Gasteiger partial charge is 0.405 e. The van der Waals surface area contributed by atoms with Crippen LogP contribution < -0.4 is 10.9 Å². The van der Waals surface area contributed by atoms with Gasteiger partial charge in [-0.1, -0.05) is 0 Å². The van der Waals surface area contributed by atoms with E-state index < -0.39 is 12.1 Å². The minimum atomic E-state index is -1.18. The topological polar surface area (TPSA) is 91.6 Å². The van der Waals surface area contributed by atoms with E-state index in [0.29, 0.717) is 11.1 Å². The number of aromatic hydroxyl groups is 1. The molecule has 1 aromatic carbocycles. The summed E-state index contributed by atoms with van der Waals surface area (Å²) in [6.07, 6.45) is -1.18. The van der Waals surface area contributed by atoms with Crippen molar-refractivity contribution in [2.45, 2.75) is 12.6 Å². The molecule has 1 unspecified atom stereocenters. The first kappa shape index (κ1) is 10.6. The van der Waals surface area contributed by atoms with Crippen molar-refractivity contribution in [1.29, 1.82) is 0 Å². The quantitative estimate of drug-likeness (QED) is 0.700. The maximum Gasteiger partial charge on any atom is 0.405 e. The fourth-order valence-electron chi connectivity index (χ4n) is 2.48. The lowest BCUT2D eigenvalue weighted by Crippen LogP contribution is -2.28. The van der Waals surface area contributed by atoms with Crippen LogP contribution in [-0.2, 0) is 6.54 Å². The number of phenols is 1. The molecule has 0 aliphatic carbocycles. The molecule has 6 nitrogen and oxygen atoms in total. The number of carbonyl (C=O) groups is 1. The molecule has 0 saturated carbocycles. The number of rotatable bonds is 1. The number of amides is 1. The molecule has 1 aliphatic rings. The van der Waals surface area contributed by atoms with Crippen LogP contribution in [0.1, 0.15) is 11.6 Å². The molecule has 2 aromatic rings. The maximum absolute atomic E-state index is 11.7. The molecular formula is C12H10N2O4. The number of benzene rings is 1. The van der Waals surface area contributed by atoms with Crippen molar-refractivity contribution in [2.24, 2.45) is 0 Å². The highest BCUT2D eigenvalue weighted by molar-refractivity contribution is 5.87. The summed E-state index contributed by atoms with van der Waals surface area (Å²) in [4.78, 5) is 22.5. The van der Waals surface area contributed by atoms with Crippen LogP contribution in [0.25, 0.3) is 10.9 Å². The second-order valence-corrected chi connectivity index (χ2v) is 4.22. The van der Waals surface area contributed by atoms with E-state index in [-0.39, 0.29) is 17.9 Å². The highest BCUT2D eigenvalue weighted by Gasteiger charge is 2.29. The Bertz CT molecular complexity index is 720. The van der Waals surface area contributed by atoms with E-state index in [1.54, 1.807) is 12.1 Å². The summed E-state index contributed by atoms with van der Waals surface area (Å²) in [7, 11) is 0. The first-order chi connectivity index (χ1) is 8.58. The molecule has 1 aliphatic heterocycles. The van der Waals surface area contributed by atoms with E-state index in [1.165, 1.54) is 16.7 Å². The lowest BCUT2D eigenvalue weighted by atomic mass is 10.1. The maximum atomic E-state index is 11.7. The number of phenolic OH excluding ortho intramolecular Hbond substituents is 1. The highest BCUT2D eigenvalue weighted by Crippen LogP contribution is 2.37. The number of carboxylic acid groups (broad SMARTS) is 1. The summed E-state index contributed by atoms with van der Waals surface area (Å²) in [6.45, 7) is 0.204. The van der Waals surface area contributed by atoms with Crippen molar-refractivity contribution >= 4 is 17.0 Å². The van der Waals surface area contributed by atoms with E-state index in [1.807, 2.05) is 0 Å². The van der Waals surface area contributed by atoms with Crippen LogP contribution >= 0.6 is 0 Å². The van der Waals surface area contributed by atoms with E-state index in [4.69, 9.17) is 5.11 Å². The number of hydrogen-bond donors (Lipinski definition) is 3. The molecule has 2 heterocycles. The van der Waals surface area contributed by atoms with Gasteiger partial charge < -0.3 is 20.1 Å². The fourth-order valence-corrected chi connectivity index (χ4v) is 2.48. The molecule has 1 aromatic heterocycles. The molecule has 0 spiro atoms. The average molecular weight is 246 g/mol. The third-order valence-corrected chi connectivity index (χ3v) is 3.18. The number of nitrogens with zero attached hydrogens (tertiary/aromatic N) is 1. The lowest BCUT2D eigenvalue weighted by Gasteiger charge is -2.11. The van der Waals surface area contributed by atoms with Crippen LogP contribution in [0.3, 0.4) is 0 Å². The van der Waals surface area contributed by atoms with E-state index in [9.17, 15) is 14.7 Å². The number of nitrogens with one attached hydrogen (secondary N) is 1. The predicted molar refractivity (Wildman–Crippen MR) is 63.8 cm³/mol. The molecule has 0 bridgehead atoms. The summed E-state index contributed by atoms with van der Waals surface area (Å²) in [6, 6.07) is 5.72. The van der Waals surface area contributed by atoms with Crippen LogP contribution in [0.4, 0.5) is 4.79 Å². The van der Waals surface area contributed by atoms with Crippen molar-refractivity contribution in [3.63, 3.8) is 0 Å². The van der Waals surface area contributed by atoms with Crippen LogP contribution in [0.2, 0.25) is 0 Å². The van der Waals surface area contributed by atoms with Crippen molar-refractivity contribution in [1.82, 2.24) is 9.88 Å². The van der Waals surface area contributed by atoms with Gasteiger partial charge in [-0.25, -0.2) is 4.79 Å². The predicted octanol–water partition coefficient (Wildman–Crippen LogP) is 1.03. The summed E-state index contributed by atoms with van der Waals surface area (Å²) in [5.41, 5.74) is 0.859. The van der Waals surface area contributed by atoms with Gasteiger partial charge in [0.2, 0.25) is 0 Å². The van der Waals surface area contributed by atoms with E-state index in [2.05, 4.69) is 5.32 Å². The summed E-state index contributed by atoms with van der Waals surface area (Å²) >= 11 is 0. The normalized spacial score (nSPS) is 17.0. The van der Waals surface area contributed by atoms with Gasteiger partial charge in [-0.2, -0.15) is 0 Å². The molecule has 0 radical (unpaired) electrons. The molecule has 1 atom stereocenters. The molecule has 3 N–H and O–H groups in total. The number of pyridine rings is 1. The van der Waals surface area contributed by atoms with Gasteiger partial charge in [0, 0.05) is 11.6 Å². The Hall–Kier alpha value is -2.50. The third-order valence-electron chi connectivity index (χ3n) is 3.18.